The second-order valence-electron chi connectivity index (χ2n) is 2.94. The lowest BCUT2D eigenvalue weighted by molar-refractivity contribution is 0.110. The molecule has 2 rings (SSSR count). The van der Waals surface area contributed by atoms with Gasteiger partial charge in [-0.25, -0.2) is 0 Å². The van der Waals surface area contributed by atoms with Crippen LogP contribution in [0.1, 0.15) is 10.6 Å². The van der Waals surface area contributed by atoms with Gasteiger partial charge >= 0.3 is 0 Å². The summed E-state index contributed by atoms with van der Waals surface area (Å²) in [7, 11) is 0. The van der Waals surface area contributed by atoms with Crippen LogP contribution in [-0.2, 0) is 0 Å². The molecule has 0 unspecified atom stereocenters. The third kappa shape index (κ3) is 2.23. The van der Waals surface area contributed by atoms with E-state index in [0.717, 1.165) is 9.13 Å². The molecule has 0 N–H and O–H groups in total. The standard InChI is InChI=1S/C11H6ClIO2/c12-10-5-7(13)1-3-9(10)11-4-2-8(6-14)15-11/h1-6H. The van der Waals surface area contributed by atoms with Gasteiger partial charge in [0.2, 0.25) is 0 Å². The third-order valence-electron chi connectivity index (χ3n) is 1.94. The Labute approximate surface area is 105 Å². The summed E-state index contributed by atoms with van der Waals surface area (Å²) in [6.07, 6.45) is 0.671. The van der Waals surface area contributed by atoms with E-state index in [2.05, 4.69) is 22.6 Å². The molecule has 2 nitrogen and oxygen atoms in total. The minimum Gasteiger partial charge on any atom is -0.453 e. The maximum atomic E-state index is 10.5. The van der Waals surface area contributed by atoms with E-state index in [0.29, 0.717) is 22.8 Å². The van der Waals surface area contributed by atoms with Gasteiger partial charge in [-0.05, 0) is 52.9 Å². The Bertz CT molecular complexity index is 505. The SMILES string of the molecule is O=Cc1ccc(-c2ccc(I)cc2Cl)o1. The van der Waals surface area contributed by atoms with Crippen molar-refractivity contribution in [2.45, 2.75) is 0 Å². The highest BCUT2D eigenvalue weighted by Gasteiger charge is 2.08. The van der Waals surface area contributed by atoms with E-state index >= 15 is 0 Å². The summed E-state index contributed by atoms with van der Waals surface area (Å²) in [5.74, 6) is 0.915. The summed E-state index contributed by atoms with van der Waals surface area (Å²) in [5.41, 5.74) is 0.796. The average Bonchev–Trinajstić information content (AvgIpc) is 2.66. The van der Waals surface area contributed by atoms with Gasteiger partial charge in [-0.3, -0.25) is 4.79 Å². The first-order chi connectivity index (χ1) is 7.20. The predicted octanol–water partition coefficient (Wildman–Crippen LogP) is 4.02. The lowest BCUT2D eigenvalue weighted by atomic mass is 10.2. The molecule has 0 aliphatic carbocycles. The number of benzene rings is 1. The molecule has 4 heteroatoms. The van der Waals surface area contributed by atoms with Crippen LogP contribution in [0.2, 0.25) is 5.02 Å². The minimum atomic E-state index is 0.305. The van der Waals surface area contributed by atoms with Crippen molar-refractivity contribution >= 4 is 40.5 Å². The van der Waals surface area contributed by atoms with E-state index < -0.39 is 0 Å². The van der Waals surface area contributed by atoms with Crippen molar-refractivity contribution in [1.29, 1.82) is 0 Å². The molecule has 0 aliphatic heterocycles. The fourth-order valence-electron chi connectivity index (χ4n) is 1.25. The van der Waals surface area contributed by atoms with Crippen molar-refractivity contribution < 1.29 is 9.21 Å². The fraction of sp³-hybridized carbons (Fsp3) is 0. The molecule has 76 valence electrons. The van der Waals surface area contributed by atoms with Crippen molar-refractivity contribution in [2.24, 2.45) is 0 Å². The van der Waals surface area contributed by atoms with E-state index in [1.807, 2.05) is 18.2 Å². The fourth-order valence-corrected chi connectivity index (χ4v) is 2.20. The van der Waals surface area contributed by atoms with E-state index in [9.17, 15) is 4.79 Å². The number of hydrogen-bond acceptors (Lipinski definition) is 2. The van der Waals surface area contributed by atoms with E-state index in [-0.39, 0.29) is 0 Å². The van der Waals surface area contributed by atoms with E-state index in [1.165, 1.54) is 0 Å². The van der Waals surface area contributed by atoms with Gasteiger partial charge < -0.3 is 4.42 Å². The molecule has 0 saturated heterocycles. The van der Waals surface area contributed by atoms with E-state index in [4.69, 9.17) is 16.0 Å². The van der Waals surface area contributed by atoms with Crippen LogP contribution in [0.25, 0.3) is 11.3 Å². The second kappa shape index (κ2) is 4.37. The molecule has 0 radical (unpaired) electrons. The molecule has 1 aromatic carbocycles. The molecule has 0 atom stereocenters. The molecular weight excluding hydrogens is 326 g/mol. The molecular formula is C11H6ClIO2. The van der Waals surface area contributed by atoms with Crippen LogP contribution in [0, 0.1) is 3.57 Å². The second-order valence-corrected chi connectivity index (χ2v) is 4.60. The van der Waals surface area contributed by atoms with Gasteiger partial charge in [-0.15, -0.1) is 0 Å². The molecule has 0 aliphatic rings. The van der Waals surface area contributed by atoms with Crippen LogP contribution in [-0.4, -0.2) is 6.29 Å². The largest absolute Gasteiger partial charge is 0.453 e. The molecule has 2 aromatic rings. The zero-order valence-corrected chi connectivity index (χ0v) is 10.4. The van der Waals surface area contributed by atoms with Crippen molar-refractivity contribution in [2.75, 3.05) is 0 Å². The number of halogens is 2. The topological polar surface area (TPSA) is 30.2 Å². The number of rotatable bonds is 2. The Balaban J connectivity index is 2.49. The zero-order chi connectivity index (χ0) is 10.8. The average molecular weight is 333 g/mol. The van der Waals surface area contributed by atoms with Crippen molar-refractivity contribution in [1.82, 2.24) is 0 Å². The first-order valence-electron chi connectivity index (χ1n) is 4.21. The summed E-state index contributed by atoms with van der Waals surface area (Å²) in [4.78, 5) is 10.5. The van der Waals surface area contributed by atoms with Crippen molar-refractivity contribution in [3.05, 3.63) is 44.7 Å². The van der Waals surface area contributed by atoms with Gasteiger partial charge in [-0.2, -0.15) is 0 Å². The van der Waals surface area contributed by atoms with Gasteiger partial charge in [0.25, 0.3) is 0 Å². The number of carbonyl (C=O) groups excluding carboxylic acids is 1. The Morgan fingerprint density at radius 2 is 2.07 bits per heavy atom. The summed E-state index contributed by atoms with van der Waals surface area (Å²) in [5, 5.41) is 0.619. The molecule has 0 amide bonds. The number of hydrogen-bond donors (Lipinski definition) is 0. The van der Waals surface area contributed by atoms with Crippen molar-refractivity contribution in [3.63, 3.8) is 0 Å². The van der Waals surface area contributed by atoms with E-state index in [1.54, 1.807) is 12.1 Å². The Morgan fingerprint density at radius 1 is 1.27 bits per heavy atom. The lowest BCUT2D eigenvalue weighted by Gasteiger charge is -2.00. The molecule has 0 bridgehead atoms. The van der Waals surface area contributed by atoms with Gasteiger partial charge in [0.1, 0.15) is 5.76 Å². The van der Waals surface area contributed by atoms with Crippen LogP contribution >= 0.6 is 34.2 Å². The first-order valence-corrected chi connectivity index (χ1v) is 5.67. The van der Waals surface area contributed by atoms with Gasteiger partial charge in [-0.1, -0.05) is 11.6 Å². The Hall–Kier alpha value is -0.810. The molecule has 15 heavy (non-hydrogen) atoms. The Kier molecular flexibility index (Phi) is 3.11. The highest BCUT2D eigenvalue weighted by atomic mass is 127. The molecule has 0 fully saturated rings. The predicted molar refractivity (Wildman–Crippen MR) is 67.3 cm³/mol. The van der Waals surface area contributed by atoms with Gasteiger partial charge in [0.15, 0.2) is 12.0 Å². The highest BCUT2D eigenvalue weighted by molar-refractivity contribution is 14.1. The minimum absolute atomic E-state index is 0.305. The quantitative estimate of drug-likeness (QED) is 0.614. The zero-order valence-electron chi connectivity index (χ0n) is 7.54. The van der Waals surface area contributed by atoms with Crippen LogP contribution < -0.4 is 0 Å². The summed E-state index contributed by atoms with van der Waals surface area (Å²) in [6, 6.07) is 9.01. The van der Waals surface area contributed by atoms with Crippen molar-refractivity contribution in [3.8, 4) is 11.3 Å². The Morgan fingerprint density at radius 3 is 2.67 bits per heavy atom. The normalized spacial score (nSPS) is 10.3. The summed E-state index contributed by atoms with van der Waals surface area (Å²) >= 11 is 8.25. The van der Waals surface area contributed by atoms with Gasteiger partial charge in [0.05, 0.1) is 5.02 Å². The smallest absolute Gasteiger partial charge is 0.185 e. The third-order valence-corrected chi connectivity index (χ3v) is 2.92. The number of carbonyl (C=O) groups is 1. The molecule has 1 aromatic heterocycles. The van der Waals surface area contributed by atoms with Crippen LogP contribution in [0.5, 0.6) is 0 Å². The lowest BCUT2D eigenvalue weighted by Crippen LogP contribution is -1.78. The molecule has 0 spiro atoms. The summed E-state index contributed by atoms with van der Waals surface area (Å²) < 4.78 is 6.34. The number of furan rings is 1. The highest BCUT2D eigenvalue weighted by Crippen LogP contribution is 2.30. The maximum Gasteiger partial charge on any atom is 0.185 e. The van der Waals surface area contributed by atoms with Crippen LogP contribution in [0.4, 0.5) is 0 Å². The van der Waals surface area contributed by atoms with Crippen LogP contribution in [0.15, 0.2) is 34.7 Å². The molecule has 1 heterocycles. The van der Waals surface area contributed by atoms with Crippen LogP contribution in [0.3, 0.4) is 0 Å². The molecule has 0 saturated carbocycles. The summed E-state index contributed by atoms with van der Waals surface area (Å²) in [6.45, 7) is 0. The monoisotopic (exact) mass is 332 g/mol. The van der Waals surface area contributed by atoms with Gasteiger partial charge in [0, 0.05) is 9.13 Å². The number of aldehydes is 1. The maximum absolute atomic E-state index is 10.5. The first kappa shape index (κ1) is 10.7.